The average Bonchev–Trinajstić information content (AvgIpc) is 3.03. The van der Waals surface area contributed by atoms with E-state index in [-0.39, 0.29) is 5.82 Å². The number of nitrogens with one attached hydrogen (secondary N) is 1. The molecule has 0 fully saturated rings. The predicted molar refractivity (Wildman–Crippen MR) is 105 cm³/mol. The Labute approximate surface area is 164 Å². The zero-order valence-corrected chi connectivity index (χ0v) is 16.4. The van der Waals surface area contributed by atoms with Crippen molar-refractivity contribution in [2.75, 3.05) is 13.7 Å². The molecular formula is C22H25FN2O3. The van der Waals surface area contributed by atoms with E-state index in [0.29, 0.717) is 24.7 Å². The quantitative estimate of drug-likeness (QED) is 0.556. The number of rotatable bonds is 9. The van der Waals surface area contributed by atoms with Crippen LogP contribution in [-0.2, 0) is 19.6 Å². The van der Waals surface area contributed by atoms with Crippen LogP contribution in [0.25, 0.3) is 0 Å². The molecule has 3 aromatic rings. The van der Waals surface area contributed by atoms with Gasteiger partial charge in [0.1, 0.15) is 18.2 Å². The Morgan fingerprint density at radius 3 is 2.46 bits per heavy atom. The molecule has 2 aromatic carbocycles. The predicted octanol–water partition coefficient (Wildman–Crippen LogP) is 4.35. The maximum atomic E-state index is 12.9. The number of aryl methyl sites for hydroxylation is 2. The van der Waals surface area contributed by atoms with Gasteiger partial charge < -0.3 is 19.3 Å². The fourth-order valence-corrected chi connectivity index (χ4v) is 2.92. The van der Waals surface area contributed by atoms with Gasteiger partial charge in [-0.2, -0.15) is 0 Å². The number of halogens is 1. The molecule has 0 aliphatic rings. The van der Waals surface area contributed by atoms with E-state index in [9.17, 15) is 4.39 Å². The second-order valence-electron chi connectivity index (χ2n) is 6.63. The topological polar surface area (TPSA) is 56.5 Å². The Kier molecular flexibility index (Phi) is 6.66. The highest BCUT2D eigenvalue weighted by molar-refractivity contribution is 5.43. The maximum Gasteiger partial charge on any atom is 0.161 e. The third-order valence-electron chi connectivity index (χ3n) is 4.61. The minimum absolute atomic E-state index is 0.208. The van der Waals surface area contributed by atoms with Crippen LogP contribution in [0.15, 0.2) is 47.0 Å². The molecule has 1 heterocycles. The summed E-state index contributed by atoms with van der Waals surface area (Å²) >= 11 is 0. The molecule has 0 spiro atoms. The van der Waals surface area contributed by atoms with Gasteiger partial charge in [0.05, 0.1) is 18.4 Å². The molecule has 6 heteroatoms. The lowest BCUT2D eigenvalue weighted by molar-refractivity contribution is 0.281. The van der Waals surface area contributed by atoms with Crippen LogP contribution in [0, 0.1) is 19.7 Å². The van der Waals surface area contributed by atoms with Crippen LogP contribution in [0.4, 0.5) is 4.39 Å². The second kappa shape index (κ2) is 9.37. The Bertz CT molecular complexity index is 887. The summed E-state index contributed by atoms with van der Waals surface area (Å²) < 4.78 is 29.5. The molecule has 0 unspecified atom stereocenters. The SMILES string of the molecule is COc1cc(CNCCc2ccc(F)cc2)ccc1OCc1c(C)noc1C. The van der Waals surface area contributed by atoms with Gasteiger partial charge in [-0.05, 0) is 62.2 Å². The van der Waals surface area contributed by atoms with Crippen molar-refractivity contribution in [3.05, 3.63) is 76.4 Å². The molecule has 148 valence electrons. The first-order valence-corrected chi connectivity index (χ1v) is 9.23. The van der Waals surface area contributed by atoms with Crippen LogP contribution in [0.3, 0.4) is 0 Å². The van der Waals surface area contributed by atoms with E-state index in [2.05, 4.69) is 10.5 Å². The minimum atomic E-state index is -0.208. The van der Waals surface area contributed by atoms with E-state index >= 15 is 0 Å². The van der Waals surface area contributed by atoms with Gasteiger partial charge in [0.2, 0.25) is 0 Å². The van der Waals surface area contributed by atoms with Crippen molar-refractivity contribution in [2.45, 2.75) is 33.4 Å². The third-order valence-corrected chi connectivity index (χ3v) is 4.61. The lowest BCUT2D eigenvalue weighted by atomic mass is 10.1. The zero-order valence-electron chi connectivity index (χ0n) is 16.4. The van der Waals surface area contributed by atoms with Gasteiger partial charge in [-0.15, -0.1) is 0 Å². The average molecular weight is 384 g/mol. The van der Waals surface area contributed by atoms with Gasteiger partial charge in [-0.1, -0.05) is 23.4 Å². The summed E-state index contributed by atoms with van der Waals surface area (Å²) in [6.45, 7) is 5.66. The standard InChI is InChI=1S/C22H25FN2O3/c1-15-20(16(2)28-25-15)14-27-21-9-6-18(12-22(21)26-3)13-24-11-10-17-4-7-19(23)8-5-17/h4-9,12,24H,10-11,13-14H2,1-3H3. The molecule has 28 heavy (non-hydrogen) atoms. The fourth-order valence-electron chi connectivity index (χ4n) is 2.92. The number of aromatic nitrogens is 1. The molecule has 1 aromatic heterocycles. The molecule has 5 nitrogen and oxygen atoms in total. The van der Waals surface area contributed by atoms with E-state index in [1.54, 1.807) is 7.11 Å². The molecule has 3 rings (SSSR count). The number of methoxy groups -OCH3 is 1. The Morgan fingerprint density at radius 1 is 1.04 bits per heavy atom. The van der Waals surface area contributed by atoms with Crippen LogP contribution < -0.4 is 14.8 Å². The van der Waals surface area contributed by atoms with Crippen molar-refractivity contribution in [3.8, 4) is 11.5 Å². The Morgan fingerprint density at radius 2 is 1.79 bits per heavy atom. The molecule has 0 saturated carbocycles. The highest BCUT2D eigenvalue weighted by Gasteiger charge is 2.12. The second-order valence-corrected chi connectivity index (χ2v) is 6.63. The van der Waals surface area contributed by atoms with E-state index in [1.807, 2.05) is 44.2 Å². The van der Waals surface area contributed by atoms with E-state index in [1.165, 1.54) is 12.1 Å². The van der Waals surface area contributed by atoms with Gasteiger partial charge >= 0.3 is 0 Å². The highest BCUT2D eigenvalue weighted by Crippen LogP contribution is 2.29. The first-order chi connectivity index (χ1) is 13.6. The van der Waals surface area contributed by atoms with Crippen molar-refractivity contribution in [1.82, 2.24) is 10.5 Å². The van der Waals surface area contributed by atoms with Crippen molar-refractivity contribution in [2.24, 2.45) is 0 Å². The van der Waals surface area contributed by atoms with Gasteiger partial charge in [-0.3, -0.25) is 0 Å². The number of nitrogens with zero attached hydrogens (tertiary/aromatic N) is 1. The number of hydrogen-bond acceptors (Lipinski definition) is 5. The van der Waals surface area contributed by atoms with E-state index in [0.717, 1.165) is 41.1 Å². The number of benzene rings is 2. The summed E-state index contributed by atoms with van der Waals surface area (Å²) in [4.78, 5) is 0. The molecule has 0 amide bonds. The Hall–Kier alpha value is -2.86. The monoisotopic (exact) mass is 384 g/mol. The molecule has 0 radical (unpaired) electrons. The third kappa shape index (κ3) is 5.10. The molecular weight excluding hydrogens is 359 g/mol. The summed E-state index contributed by atoms with van der Waals surface area (Å²) in [5.74, 6) is 1.92. The van der Waals surface area contributed by atoms with Crippen molar-refractivity contribution in [1.29, 1.82) is 0 Å². The van der Waals surface area contributed by atoms with Gasteiger partial charge in [0.15, 0.2) is 11.5 Å². The van der Waals surface area contributed by atoms with Crippen LogP contribution in [0.5, 0.6) is 11.5 Å². The zero-order chi connectivity index (χ0) is 19.9. The van der Waals surface area contributed by atoms with Crippen molar-refractivity contribution < 1.29 is 18.4 Å². The van der Waals surface area contributed by atoms with Gasteiger partial charge in [0.25, 0.3) is 0 Å². The summed E-state index contributed by atoms with van der Waals surface area (Å²) in [5, 5.41) is 7.33. The molecule has 0 atom stereocenters. The normalized spacial score (nSPS) is 10.9. The van der Waals surface area contributed by atoms with Crippen LogP contribution in [-0.4, -0.2) is 18.8 Å². The molecule has 1 N–H and O–H groups in total. The highest BCUT2D eigenvalue weighted by atomic mass is 19.1. The number of ether oxygens (including phenoxy) is 2. The maximum absolute atomic E-state index is 12.9. The summed E-state index contributed by atoms with van der Waals surface area (Å²) in [7, 11) is 1.63. The van der Waals surface area contributed by atoms with Crippen molar-refractivity contribution in [3.63, 3.8) is 0 Å². The van der Waals surface area contributed by atoms with Crippen LogP contribution in [0.1, 0.15) is 28.1 Å². The van der Waals surface area contributed by atoms with Crippen molar-refractivity contribution >= 4 is 0 Å². The van der Waals surface area contributed by atoms with E-state index in [4.69, 9.17) is 14.0 Å². The summed E-state index contributed by atoms with van der Waals surface area (Å²) in [6.07, 6.45) is 0.843. The summed E-state index contributed by atoms with van der Waals surface area (Å²) in [6, 6.07) is 12.5. The molecule has 0 bridgehead atoms. The summed E-state index contributed by atoms with van der Waals surface area (Å²) in [5.41, 5.74) is 3.99. The van der Waals surface area contributed by atoms with Crippen LogP contribution >= 0.6 is 0 Å². The lowest BCUT2D eigenvalue weighted by Crippen LogP contribution is -2.16. The first-order valence-electron chi connectivity index (χ1n) is 9.23. The lowest BCUT2D eigenvalue weighted by Gasteiger charge is -2.13. The van der Waals surface area contributed by atoms with Gasteiger partial charge in [0, 0.05) is 6.54 Å². The first kappa shape index (κ1) is 19.9. The van der Waals surface area contributed by atoms with Crippen LogP contribution in [0.2, 0.25) is 0 Å². The largest absolute Gasteiger partial charge is 0.493 e. The van der Waals surface area contributed by atoms with E-state index < -0.39 is 0 Å². The molecule has 0 aliphatic carbocycles. The minimum Gasteiger partial charge on any atom is -0.493 e. The fraction of sp³-hybridized carbons (Fsp3) is 0.318. The molecule has 0 aliphatic heterocycles. The molecule has 0 saturated heterocycles. The smallest absolute Gasteiger partial charge is 0.161 e. The Balaban J connectivity index is 1.53. The van der Waals surface area contributed by atoms with Gasteiger partial charge in [-0.25, -0.2) is 4.39 Å². The number of hydrogen-bond donors (Lipinski definition) is 1.